The minimum Gasteiger partial charge on any atom is -0.460 e. The van der Waals surface area contributed by atoms with Crippen molar-refractivity contribution >= 4 is 33.5 Å². The third-order valence-corrected chi connectivity index (χ3v) is 11.6. The van der Waals surface area contributed by atoms with Crippen LogP contribution in [0.15, 0.2) is 76.6 Å². The fourth-order valence-electron chi connectivity index (χ4n) is 5.80. The lowest BCUT2D eigenvalue weighted by Gasteiger charge is -2.32. The fourth-order valence-corrected chi connectivity index (χ4v) is 8.82. The van der Waals surface area contributed by atoms with Gasteiger partial charge in [0.25, 0.3) is 0 Å². The highest BCUT2D eigenvalue weighted by molar-refractivity contribution is 7.89. The molecular formula is C33H41N5O4S2. The molecule has 0 saturated heterocycles. The highest BCUT2D eigenvalue weighted by atomic mass is 32.2. The molecule has 3 aromatic rings. The van der Waals surface area contributed by atoms with Gasteiger partial charge in [-0.3, -0.25) is 14.8 Å². The number of hydrazone groups is 1. The van der Waals surface area contributed by atoms with Crippen molar-refractivity contribution in [2.75, 3.05) is 13.1 Å². The van der Waals surface area contributed by atoms with Crippen LogP contribution in [0.1, 0.15) is 66.1 Å². The van der Waals surface area contributed by atoms with Gasteiger partial charge < -0.3 is 10.5 Å². The van der Waals surface area contributed by atoms with E-state index >= 15 is 0 Å². The smallest absolute Gasteiger partial charge is 0.312 e. The van der Waals surface area contributed by atoms with Crippen LogP contribution in [0.25, 0.3) is 0 Å². The van der Waals surface area contributed by atoms with Gasteiger partial charge in [-0.2, -0.15) is 9.41 Å². The molecule has 2 aliphatic rings. The summed E-state index contributed by atoms with van der Waals surface area (Å²) in [6.07, 6.45) is 6.91. The summed E-state index contributed by atoms with van der Waals surface area (Å²) in [5, 5.41) is 6.47. The largest absolute Gasteiger partial charge is 0.460 e. The van der Waals surface area contributed by atoms with E-state index in [4.69, 9.17) is 15.6 Å². The second kappa shape index (κ2) is 13.2. The van der Waals surface area contributed by atoms with E-state index in [0.29, 0.717) is 37.2 Å². The highest BCUT2D eigenvalue weighted by Gasteiger charge is 2.41. The average Bonchev–Trinajstić information content (AvgIpc) is 3.31. The van der Waals surface area contributed by atoms with Crippen LogP contribution in [0.5, 0.6) is 0 Å². The maximum absolute atomic E-state index is 14.0. The number of hydrogen-bond donors (Lipinski definition) is 1. The molecule has 234 valence electrons. The molecule has 5 rings (SSSR count). The molecule has 0 amide bonds. The maximum Gasteiger partial charge on any atom is 0.312 e. The molecule has 2 aliphatic heterocycles. The Morgan fingerprint density at radius 3 is 2.70 bits per heavy atom. The van der Waals surface area contributed by atoms with Gasteiger partial charge in [-0.25, -0.2) is 8.42 Å². The summed E-state index contributed by atoms with van der Waals surface area (Å²) >= 11 is 1.61. The van der Waals surface area contributed by atoms with Crippen molar-refractivity contribution in [3.05, 3.63) is 93.2 Å². The van der Waals surface area contributed by atoms with Gasteiger partial charge in [-0.05, 0) is 69.9 Å². The molecule has 44 heavy (non-hydrogen) atoms. The lowest BCUT2D eigenvalue weighted by Crippen LogP contribution is -2.34. The van der Waals surface area contributed by atoms with Gasteiger partial charge in [0.2, 0.25) is 10.0 Å². The van der Waals surface area contributed by atoms with Crippen LogP contribution in [0.3, 0.4) is 0 Å². The summed E-state index contributed by atoms with van der Waals surface area (Å²) < 4.78 is 35.3. The molecule has 1 aromatic carbocycles. The van der Waals surface area contributed by atoms with Crippen LogP contribution in [-0.4, -0.2) is 48.0 Å². The van der Waals surface area contributed by atoms with Crippen LogP contribution in [0.4, 0.5) is 0 Å². The van der Waals surface area contributed by atoms with Crippen molar-refractivity contribution in [2.45, 2.75) is 70.9 Å². The molecule has 2 N–H and O–H groups in total. The highest BCUT2D eigenvalue weighted by Crippen LogP contribution is 2.45. The number of rotatable bonds is 5. The zero-order valence-corrected chi connectivity index (χ0v) is 27.4. The number of nitrogens with zero attached hydrogens (tertiary/aromatic N) is 4. The number of allylic oxidation sites excluding steroid dienone is 1. The Morgan fingerprint density at radius 1 is 1.18 bits per heavy atom. The van der Waals surface area contributed by atoms with Crippen LogP contribution >= 0.6 is 11.3 Å². The van der Waals surface area contributed by atoms with Gasteiger partial charge in [0.1, 0.15) is 11.5 Å². The van der Waals surface area contributed by atoms with E-state index in [1.807, 2.05) is 70.4 Å². The molecule has 1 unspecified atom stereocenters. The first-order valence-corrected chi connectivity index (χ1v) is 17.3. The summed E-state index contributed by atoms with van der Waals surface area (Å²) in [5.41, 5.74) is 8.72. The van der Waals surface area contributed by atoms with Crippen molar-refractivity contribution in [3.8, 4) is 0 Å². The van der Waals surface area contributed by atoms with E-state index in [1.165, 1.54) is 0 Å². The first kappa shape index (κ1) is 31.9. The molecule has 3 atom stereocenters. The molecule has 11 heteroatoms. The number of ether oxygens (including phenoxy) is 1. The molecule has 0 spiro atoms. The van der Waals surface area contributed by atoms with Crippen molar-refractivity contribution in [2.24, 2.45) is 22.2 Å². The van der Waals surface area contributed by atoms with Crippen LogP contribution < -0.4 is 5.73 Å². The lowest BCUT2D eigenvalue weighted by molar-refractivity contribution is -0.156. The Morgan fingerprint density at radius 2 is 1.95 bits per heavy atom. The Labute approximate surface area is 264 Å². The van der Waals surface area contributed by atoms with Crippen LogP contribution in [0.2, 0.25) is 0 Å². The SMILES string of the molecule is CCN1/C=C(\N)CC[C@H](C(C)(C)C(=O)OCc2ccccc2)c2cc(c(C)s2)CN2C[C@@H](/C=N/1)Cc1ncccc1S2(=O)=O. The number of hydrogen-bond acceptors (Lipinski definition) is 9. The first-order valence-electron chi connectivity index (χ1n) is 15.0. The van der Waals surface area contributed by atoms with E-state index in [1.54, 1.807) is 39.0 Å². The number of fused-ring (bicyclic) bond motifs is 5. The number of pyridine rings is 1. The average molecular weight is 636 g/mol. The fraction of sp³-hybridized carbons (Fsp3) is 0.424. The summed E-state index contributed by atoms with van der Waals surface area (Å²) in [6.45, 7) is 9.11. The van der Waals surface area contributed by atoms with E-state index < -0.39 is 15.4 Å². The molecule has 0 fully saturated rings. The summed E-state index contributed by atoms with van der Waals surface area (Å²) in [4.78, 5) is 20.3. The number of nitrogens with two attached hydrogens (primary N) is 1. The van der Waals surface area contributed by atoms with Gasteiger partial charge in [0.05, 0.1) is 11.1 Å². The van der Waals surface area contributed by atoms with Crippen LogP contribution in [-0.2, 0) is 39.1 Å². The second-order valence-corrected chi connectivity index (χ2v) is 15.2. The normalized spacial score (nSPS) is 24.0. The summed E-state index contributed by atoms with van der Waals surface area (Å²) in [5.74, 6) is -0.683. The van der Waals surface area contributed by atoms with Crippen molar-refractivity contribution in [1.82, 2.24) is 14.3 Å². The number of aromatic nitrogens is 1. The molecule has 0 aliphatic carbocycles. The standard InChI is InChI=1S/C33H41N5O4S2/c1-5-37-21-27(34)13-14-28(33(3,4)32(39)42-22-24-10-7-6-8-11-24)30-17-26(23(2)43-30)20-38-19-25(18-36-37)16-29-31(44(38,40)41)12-9-15-35-29/h6-12,15,17-18,21,25,28H,5,13-14,16,19-20,22,34H2,1-4H3/b27-21-,36-18+/t25-,28+/m1/s1. The number of carbonyl (C=O) groups excluding carboxylic acids is 1. The van der Waals surface area contributed by atoms with Gasteiger partial charge >= 0.3 is 5.97 Å². The number of esters is 1. The molecule has 4 bridgehead atoms. The Kier molecular flexibility index (Phi) is 9.57. The van der Waals surface area contributed by atoms with Gasteiger partial charge in [0, 0.05) is 72.0 Å². The number of aryl methyl sites for hydroxylation is 1. The minimum absolute atomic E-state index is 0.181. The van der Waals surface area contributed by atoms with Gasteiger partial charge in [-0.15, -0.1) is 11.3 Å². The van der Waals surface area contributed by atoms with E-state index in [0.717, 1.165) is 20.9 Å². The quantitative estimate of drug-likeness (QED) is 0.364. The van der Waals surface area contributed by atoms with Gasteiger partial charge in [-0.1, -0.05) is 30.3 Å². The number of thiophene rings is 1. The van der Waals surface area contributed by atoms with Gasteiger partial charge in [0.15, 0.2) is 0 Å². The van der Waals surface area contributed by atoms with E-state index in [2.05, 4.69) is 11.1 Å². The van der Waals surface area contributed by atoms with Crippen LogP contribution in [0, 0.1) is 18.3 Å². The molecule has 9 nitrogen and oxygen atoms in total. The number of sulfonamides is 1. The Balaban J connectivity index is 1.54. The lowest BCUT2D eigenvalue weighted by atomic mass is 9.75. The first-order chi connectivity index (χ1) is 21.0. The molecular weight excluding hydrogens is 595 g/mol. The minimum atomic E-state index is -3.81. The topological polar surface area (TPSA) is 118 Å². The third-order valence-electron chi connectivity index (χ3n) is 8.49. The van der Waals surface area contributed by atoms with Crippen molar-refractivity contribution in [1.29, 1.82) is 0 Å². The predicted molar refractivity (Wildman–Crippen MR) is 173 cm³/mol. The predicted octanol–water partition coefficient (Wildman–Crippen LogP) is 5.57. The second-order valence-electron chi connectivity index (χ2n) is 12.0. The zero-order valence-electron chi connectivity index (χ0n) is 25.8. The van der Waals surface area contributed by atoms with Crippen molar-refractivity contribution in [3.63, 3.8) is 0 Å². The number of benzene rings is 1. The number of carbonyl (C=O) groups is 1. The third kappa shape index (κ3) is 6.90. The Hall–Kier alpha value is -3.54. The maximum atomic E-state index is 14.0. The Bertz CT molecular complexity index is 1650. The van der Waals surface area contributed by atoms with Crippen molar-refractivity contribution < 1.29 is 17.9 Å². The summed E-state index contributed by atoms with van der Waals surface area (Å²) in [6, 6.07) is 15.0. The van der Waals surface area contributed by atoms with E-state index in [-0.39, 0.29) is 42.4 Å². The summed E-state index contributed by atoms with van der Waals surface area (Å²) in [7, 11) is -3.81. The molecule has 2 aromatic heterocycles. The molecule has 0 saturated carbocycles. The molecule has 0 radical (unpaired) electrons. The van der Waals surface area contributed by atoms with E-state index in [9.17, 15) is 13.2 Å². The molecule has 4 heterocycles. The monoisotopic (exact) mass is 635 g/mol. The zero-order chi connectivity index (χ0) is 31.5.